The van der Waals surface area contributed by atoms with Gasteiger partial charge in [-0.05, 0) is 30.7 Å². The molecule has 0 saturated heterocycles. The minimum atomic E-state index is -0.791. The molecule has 120 valence electrons. The predicted molar refractivity (Wildman–Crippen MR) is 86.1 cm³/mol. The zero-order valence-corrected chi connectivity index (χ0v) is 13.4. The van der Waals surface area contributed by atoms with Crippen molar-refractivity contribution in [2.75, 3.05) is 11.9 Å². The van der Waals surface area contributed by atoms with E-state index in [1.54, 1.807) is 25.1 Å². The molecule has 1 aromatic carbocycles. The van der Waals surface area contributed by atoms with Crippen LogP contribution >= 0.6 is 22.9 Å². The van der Waals surface area contributed by atoms with Crippen LogP contribution in [0.2, 0.25) is 5.02 Å². The van der Waals surface area contributed by atoms with Crippen LogP contribution in [0.3, 0.4) is 0 Å². The highest BCUT2D eigenvalue weighted by molar-refractivity contribution is 7.17. The summed E-state index contributed by atoms with van der Waals surface area (Å²) < 4.78 is 4.83. The van der Waals surface area contributed by atoms with Gasteiger partial charge >= 0.3 is 11.0 Å². The Labute approximate surface area is 140 Å². The number of carbonyl (C=O) groups is 2. The number of amides is 1. The van der Waals surface area contributed by atoms with Crippen molar-refractivity contribution in [3.8, 4) is 0 Å². The van der Waals surface area contributed by atoms with Gasteiger partial charge in [0.25, 0.3) is 5.91 Å². The molecule has 0 unspecified atom stereocenters. The Morgan fingerprint density at radius 2 is 2.09 bits per heavy atom. The fourth-order valence-corrected chi connectivity index (χ4v) is 2.54. The lowest BCUT2D eigenvalue weighted by molar-refractivity contribution is -0.380. The van der Waals surface area contributed by atoms with Crippen molar-refractivity contribution in [2.45, 2.75) is 6.92 Å². The quantitative estimate of drug-likeness (QED) is 0.504. The Morgan fingerprint density at radius 3 is 2.74 bits per heavy atom. The van der Waals surface area contributed by atoms with Crippen LogP contribution in [-0.4, -0.2) is 23.4 Å². The summed E-state index contributed by atoms with van der Waals surface area (Å²) in [5, 5.41) is 13.4. The lowest BCUT2D eigenvalue weighted by Crippen LogP contribution is -2.21. The van der Waals surface area contributed by atoms with E-state index in [-0.39, 0.29) is 9.88 Å². The molecule has 1 heterocycles. The number of thiophene rings is 1. The lowest BCUT2D eigenvalue weighted by atomic mass is 10.2. The van der Waals surface area contributed by atoms with E-state index in [2.05, 4.69) is 5.32 Å². The monoisotopic (exact) mass is 354 g/mol. The summed E-state index contributed by atoms with van der Waals surface area (Å²) in [6.07, 6.45) is 0. The van der Waals surface area contributed by atoms with Crippen LogP contribution < -0.4 is 5.32 Å². The molecule has 0 saturated carbocycles. The Hall–Kier alpha value is -2.45. The van der Waals surface area contributed by atoms with E-state index in [4.69, 9.17) is 16.3 Å². The van der Waals surface area contributed by atoms with Gasteiger partial charge in [0.2, 0.25) is 0 Å². The molecule has 0 aliphatic heterocycles. The second-order valence-corrected chi connectivity index (χ2v) is 5.98. The first-order valence-electron chi connectivity index (χ1n) is 6.34. The van der Waals surface area contributed by atoms with Crippen molar-refractivity contribution in [3.05, 3.63) is 55.9 Å². The largest absolute Gasteiger partial charge is 0.451 e. The molecule has 0 aliphatic rings. The number of nitrogens with zero attached hydrogens (tertiary/aromatic N) is 1. The number of hydrogen-bond acceptors (Lipinski definition) is 6. The number of nitrogens with one attached hydrogen (secondary N) is 1. The van der Waals surface area contributed by atoms with E-state index in [0.29, 0.717) is 22.0 Å². The highest BCUT2D eigenvalue weighted by atomic mass is 35.5. The third kappa shape index (κ3) is 4.51. The number of halogens is 1. The van der Waals surface area contributed by atoms with Gasteiger partial charge in [-0.25, -0.2) is 4.79 Å². The fraction of sp³-hybridized carbons (Fsp3) is 0.143. The lowest BCUT2D eigenvalue weighted by Gasteiger charge is -2.09. The zero-order chi connectivity index (χ0) is 17.0. The normalized spacial score (nSPS) is 10.2. The van der Waals surface area contributed by atoms with Gasteiger partial charge in [-0.15, -0.1) is 0 Å². The number of rotatable bonds is 5. The number of benzene rings is 1. The maximum Gasteiger partial charge on any atom is 0.349 e. The van der Waals surface area contributed by atoms with Gasteiger partial charge in [0.15, 0.2) is 6.61 Å². The summed E-state index contributed by atoms with van der Waals surface area (Å²) in [6, 6.07) is 7.51. The maximum absolute atomic E-state index is 11.8. The van der Waals surface area contributed by atoms with E-state index in [9.17, 15) is 19.7 Å². The molecule has 1 aromatic heterocycles. The van der Waals surface area contributed by atoms with E-state index < -0.39 is 23.4 Å². The summed E-state index contributed by atoms with van der Waals surface area (Å²) in [6.45, 7) is 1.29. The topological polar surface area (TPSA) is 98.5 Å². The summed E-state index contributed by atoms with van der Waals surface area (Å²) in [5.74, 6) is -1.32. The van der Waals surface area contributed by atoms with Crippen molar-refractivity contribution >= 4 is 45.5 Å². The van der Waals surface area contributed by atoms with E-state index in [1.165, 1.54) is 12.1 Å². The number of esters is 1. The van der Waals surface area contributed by atoms with Gasteiger partial charge in [-0.1, -0.05) is 29.0 Å². The van der Waals surface area contributed by atoms with Crippen LogP contribution in [0, 0.1) is 17.0 Å². The molecular weight excluding hydrogens is 344 g/mol. The van der Waals surface area contributed by atoms with Crippen LogP contribution in [-0.2, 0) is 9.53 Å². The molecular formula is C14H11ClN2O5S. The molecule has 0 spiro atoms. The van der Waals surface area contributed by atoms with Gasteiger partial charge < -0.3 is 10.1 Å². The molecule has 2 aromatic rings. The first kappa shape index (κ1) is 16.9. The Morgan fingerprint density at radius 1 is 1.35 bits per heavy atom. The summed E-state index contributed by atoms with van der Waals surface area (Å²) in [5.41, 5.74) is 1.33. The molecule has 1 N–H and O–H groups in total. The van der Waals surface area contributed by atoms with Gasteiger partial charge in [0.05, 0.1) is 4.92 Å². The number of carbonyl (C=O) groups excluding carboxylic acids is 2. The smallest absolute Gasteiger partial charge is 0.349 e. The van der Waals surface area contributed by atoms with Crippen molar-refractivity contribution in [3.63, 3.8) is 0 Å². The zero-order valence-electron chi connectivity index (χ0n) is 11.9. The minimum Gasteiger partial charge on any atom is -0.451 e. The molecule has 23 heavy (non-hydrogen) atoms. The number of hydrogen-bond donors (Lipinski definition) is 1. The summed E-state index contributed by atoms with van der Waals surface area (Å²) in [4.78, 5) is 33.5. The van der Waals surface area contributed by atoms with E-state index in [1.807, 2.05) is 0 Å². The molecule has 1 amide bonds. The minimum absolute atomic E-state index is 0.0587. The summed E-state index contributed by atoms with van der Waals surface area (Å²) in [7, 11) is 0. The predicted octanol–water partition coefficient (Wildman–Crippen LogP) is 3.41. The Balaban J connectivity index is 1.92. The third-order valence-corrected chi connectivity index (χ3v) is 4.03. The maximum atomic E-state index is 11.8. The highest BCUT2D eigenvalue weighted by Gasteiger charge is 2.17. The number of anilines is 1. The Kier molecular flexibility index (Phi) is 5.30. The average molecular weight is 355 g/mol. The second kappa shape index (κ2) is 7.21. The highest BCUT2D eigenvalue weighted by Crippen LogP contribution is 2.24. The van der Waals surface area contributed by atoms with Crippen LogP contribution in [0.15, 0.2) is 30.3 Å². The van der Waals surface area contributed by atoms with Crippen LogP contribution in [0.5, 0.6) is 0 Å². The fourth-order valence-electron chi connectivity index (χ4n) is 1.65. The van der Waals surface area contributed by atoms with E-state index in [0.717, 1.165) is 5.56 Å². The van der Waals surface area contributed by atoms with Crippen LogP contribution in [0.4, 0.5) is 10.7 Å². The molecule has 0 fully saturated rings. The molecule has 0 bridgehead atoms. The van der Waals surface area contributed by atoms with Crippen molar-refractivity contribution in [1.29, 1.82) is 0 Å². The third-order valence-electron chi connectivity index (χ3n) is 2.78. The van der Waals surface area contributed by atoms with Crippen molar-refractivity contribution in [2.24, 2.45) is 0 Å². The number of nitro groups is 1. The first-order chi connectivity index (χ1) is 10.9. The molecule has 0 aliphatic carbocycles. The molecule has 9 heteroatoms. The average Bonchev–Trinajstić information content (AvgIpc) is 2.99. The molecule has 0 atom stereocenters. The molecule has 0 radical (unpaired) electrons. The second-order valence-electron chi connectivity index (χ2n) is 4.48. The number of aryl methyl sites for hydroxylation is 1. The summed E-state index contributed by atoms with van der Waals surface area (Å²) >= 11 is 6.53. The van der Waals surface area contributed by atoms with Gasteiger partial charge in [-0.2, -0.15) is 0 Å². The van der Waals surface area contributed by atoms with Crippen LogP contribution in [0.1, 0.15) is 15.2 Å². The van der Waals surface area contributed by atoms with Crippen molar-refractivity contribution < 1.29 is 19.2 Å². The molecule has 2 rings (SSSR count). The van der Waals surface area contributed by atoms with E-state index >= 15 is 0 Å². The van der Waals surface area contributed by atoms with Crippen molar-refractivity contribution in [1.82, 2.24) is 0 Å². The molecule has 7 nitrogen and oxygen atoms in total. The SMILES string of the molecule is Cc1ccc(Cl)cc1NC(=O)COC(=O)c1ccc([N+](=O)[O-])s1. The van der Waals surface area contributed by atoms with Crippen LogP contribution in [0.25, 0.3) is 0 Å². The number of ether oxygens (including phenoxy) is 1. The first-order valence-corrected chi connectivity index (χ1v) is 7.53. The van der Waals surface area contributed by atoms with Gasteiger partial charge in [0.1, 0.15) is 4.88 Å². The standard InChI is InChI=1S/C14H11ClN2O5S/c1-8-2-3-9(15)6-10(8)16-12(18)7-22-14(19)11-4-5-13(23-11)17(20)21/h2-6H,7H2,1H3,(H,16,18). The Bertz CT molecular complexity index is 774. The van der Waals surface area contributed by atoms with Gasteiger partial charge in [0, 0.05) is 16.8 Å². The van der Waals surface area contributed by atoms with Gasteiger partial charge in [-0.3, -0.25) is 14.9 Å².